The Morgan fingerprint density at radius 2 is 2.08 bits per heavy atom. The normalized spacial score (nSPS) is 12.8. The van der Waals surface area contributed by atoms with Gasteiger partial charge in [-0.2, -0.15) is 0 Å². The number of hydrogen-bond acceptors (Lipinski definition) is 5. The summed E-state index contributed by atoms with van der Waals surface area (Å²) in [7, 11) is 0.371. The molecule has 10 heteroatoms. The highest BCUT2D eigenvalue weighted by atomic mass is 127. The van der Waals surface area contributed by atoms with E-state index in [0.717, 1.165) is 6.42 Å². The lowest BCUT2D eigenvalue weighted by Crippen LogP contribution is -2.44. The van der Waals surface area contributed by atoms with E-state index >= 15 is 0 Å². The van der Waals surface area contributed by atoms with Gasteiger partial charge in [0.1, 0.15) is 16.4 Å². The zero-order valence-corrected chi connectivity index (χ0v) is 19.7. The number of amides is 1. The summed E-state index contributed by atoms with van der Waals surface area (Å²) in [5.41, 5.74) is 0. The summed E-state index contributed by atoms with van der Waals surface area (Å²) in [6.45, 7) is 2.62. The Hall–Kier alpha value is -0.880. The van der Waals surface area contributed by atoms with Crippen LogP contribution in [0.1, 0.15) is 18.2 Å². The molecule has 26 heavy (non-hydrogen) atoms. The molecule has 0 spiro atoms. The molecule has 0 bridgehead atoms. The van der Waals surface area contributed by atoms with E-state index in [9.17, 15) is 13.2 Å². The lowest BCUT2D eigenvalue weighted by atomic mass is 10.2. The molecule has 0 saturated carbocycles. The summed E-state index contributed by atoms with van der Waals surface area (Å²) in [6, 6.07) is 4.01. The molecule has 150 valence electrons. The second-order valence-electron chi connectivity index (χ2n) is 6.17. The van der Waals surface area contributed by atoms with Gasteiger partial charge in [0.2, 0.25) is 5.91 Å². The number of nitrogens with one attached hydrogen (secondary N) is 2. The van der Waals surface area contributed by atoms with Crippen LogP contribution in [-0.4, -0.2) is 70.4 Å². The van der Waals surface area contributed by atoms with Crippen molar-refractivity contribution in [1.29, 1.82) is 0 Å². The average molecular weight is 516 g/mol. The molecule has 0 aliphatic carbocycles. The third-order valence-electron chi connectivity index (χ3n) is 3.42. The van der Waals surface area contributed by atoms with E-state index in [0.29, 0.717) is 18.9 Å². The molecule has 0 radical (unpaired) electrons. The first-order chi connectivity index (χ1) is 11.7. The molecule has 1 aromatic rings. The van der Waals surface area contributed by atoms with Crippen molar-refractivity contribution in [2.24, 2.45) is 4.99 Å². The van der Waals surface area contributed by atoms with Crippen LogP contribution in [0.4, 0.5) is 0 Å². The van der Waals surface area contributed by atoms with E-state index in [-0.39, 0.29) is 48.2 Å². The highest BCUT2D eigenvalue weighted by molar-refractivity contribution is 14.0. The molecule has 0 fully saturated rings. The fourth-order valence-corrected chi connectivity index (χ4v) is 3.39. The van der Waals surface area contributed by atoms with Crippen molar-refractivity contribution in [1.82, 2.24) is 15.5 Å². The van der Waals surface area contributed by atoms with Gasteiger partial charge >= 0.3 is 0 Å². The van der Waals surface area contributed by atoms with Gasteiger partial charge in [-0.25, -0.2) is 13.4 Å². The molecule has 1 heterocycles. The number of sulfone groups is 1. The molecule has 1 rings (SSSR count). The molecule has 0 aliphatic rings. The molecule has 1 atom stereocenters. The fraction of sp³-hybridized carbons (Fsp3) is 0.625. The number of rotatable bonds is 9. The number of likely N-dealkylation sites (N-methyl/N-ethyl adjacent to an activating group) is 1. The minimum atomic E-state index is -3.00. The molecular formula is C16H29IN4O3S2. The molecule has 0 aromatic carbocycles. The van der Waals surface area contributed by atoms with E-state index in [2.05, 4.69) is 21.7 Å². The van der Waals surface area contributed by atoms with Crippen LogP contribution in [0.2, 0.25) is 0 Å². The van der Waals surface area contributed by atoms with E-state index in [4.69, 9.17) is 0 Å². The van der Waals surface area contributed by atoms with Crippen molar-refractivity contribution < 1.29 is 13.2 Å². The fourth-order valence-electron chi connectivity index (χ4n) is 1.90. The number of guanidine groups is 1. The van der Waals surface area contributed by atoms with Crippen LogP contribution in [-0.2, 0) is 21.1 Å². The van der Waals surface area contributed by atoms with Gasteiger partial charge in [-0.1, -0.05) is 6.07 Å². The maximum Gasteiger partial charge on any atom is 0.243 e. The van der Waals surface area contributed by atoms with Gasteiger partial charge in [-0.05, 0) is 31.2 Å². The lowest BCUT2D eigenvalue weighted by Gasteiger charge is -2.18. The van der Waals surface area contributed by atoms with Crippen molar-refractivity contribution in [3.05, 3.63) is 22.4 Å². The Bertz CT molecular complexity index is 661. The van der Waals surface area contributed by atoms with Crippen LogP contribution >= 0.6 is 35.3 Å². The predicted molar refractivity (Wildman–Crippen MR) is 119 cm³/mol. The van der Waals surface area contributed by atoms with E-state index in [1.807, 2.05) is 18.4 Å². The Labute approximate surface area is 177 Å². The number of carbonyl (C=O) groups is 1. The summed E-state index contributed by atoms with van der Waals surface area (Å²) < 4.78 is 22.6. The highest BCUT2D eigenvalue weighted by Gasteiger charge is 2.11. The molecule has 2 N–H and O–H groups in total. The molecule has 1 amide bonds. The van der Waals surface area contributed by atoms with Gasteiger partial charge < -0.3 is 15.5 Å². The van der Waals surface area contributed by atoms with E-state index in [1.54, 1.807) is 25.4 Å². The lowest BCUT2D eigenvalue weighted by molar-refractivity contribution is -0.127. The molecule has 1 aromatic heterocycles. The number of thiophene rings is 1. The second-order valence-corrected chi connectivity index (χ2v) is 9.47. The Kier molecular flexibility index (Phi) is 12.1. The smallest absolute Gasteiger partial charge is 0.243 e. The van der Waals surface area contributed by atoms with Crippen LogP contribution in [0.25, 0.3) is 0 Å². The molecule has 0 saturated heterocycles. The van der Waals surface area contributed by atoms with Crippen molar-refractivity contribution >= 4 is 57.0 Å². The summed E-state index contributed by atoms with van der Waals surface area (Å²) in [6.07, 6.45) is 2.56. The summed E-state index contributed by atoms with van der Waals surface area (Å²) in [5.74, 6) is 0.538. The Balaban J connectivity index is 0.00000625. The third kappa shape index (κ3) is 11.7. The summed E-state index contributed by atoms with van der Waals surface area (Å²) in [4.78, 5) is 18.8. The average Bonchev–Trinajstić information content (AvgIpc) is 3.02. The number of carbonyl (C=O) groups excluding carboxylic acids is 1. The van der Waals surface area contributed by atoms with Crippen LogP contribution in [0.3, 0.4) is 0 Å². The van der Waals surface area contributed by atoms with Gasteiger partial charge in [0.25, 0.3) is 0 Å². The topological polar surface area (TPSA) is 90.9 Å². The monoisotopic (exact) mass is 516 g/mol. The van der Waals surface area contributed by atoms with Gasteiger partial charge in [-0.3, -0.25) is 4.79 Å². The zero-order chi connectivity index (χ0) is 18.9. The summed E-state index contributed by atoms with van der Waals surface area (Å²) >= 11 is 1.69. The van der Waals surface area contributed by atoms with E-state index < -0.39 is 9.84 Å². The highest BCUT2D eigenvalue weighted by Crippen LogP contribution is 2.08. The number of hydrogen-bond donors (Lipinski definition) is 2. The summed E-state index contributed by atoms with van der Waals surface area (Å²) in [5, 5.41) is 8.41. The first kappa shape index (κ1) is 25.1. The van der Waals surface area contributed by atoms with Crippen molar-refractivity contribution in [2.75, 3.05) is 39.2 Å². The Morgan fingerprint density at radius 3 is 2.62 bits per heavy atom. The number of halogens is 1. The maximum atomic E-state index is 11.7. The van der Waals surface area contributed by atoms with Crippen LogP contribution in [0.15, 0.2) is 22.5 Å². The standard InChI is InChI=1S/C16H28N4O3S2.HI/c1-13(8-11-25(4,22)23)19-16(18-12-15(21)20(2)3)17-9-7-14-6-5-10-24-14;/h5-6,10,13H,7-9,11-12H2,1-4H3,(H2,17,18,19);1H. The molecule has 0 aliphatic heterocycles. The van der Waals surface area contributed by atoms with Gasteiger partial charge in [0.15, 0.2) is 5.96 Å². The van der Waals surface area contributed by atoms with Crippen molar-refractivity contribution in [2.45, 2.75) is 25.8 Å². The predicted octanol–water partition coefficient (Wildman–Crippen LogP) is 1.36. The van der Waals surface area contributed by atoms with Crippen LogP contribution in [0.5, 0.6) is 0 Å². The quantitative estimate of drug-likeness (QED) is 0.294. The molecule has 1 unspecified atom stereocenters. The van der Waals surface area contributed by atoms with Crippen LogP contribution < -0.4 is 10.6 Å². The largest absolute Gasteiger partial charge is 0.356 e. The third-order valence-corrected chi connectivity index (χ3v) is 5.33. The van der Waals surface area contributed by atoms with Gasteiger partial charge in [-0.15, -0.1) is 35.3 Å². The minimum absolute atomic E-state index is 0. The molecule has 7 nitrogen and oxygen atoms in total. The number of nitrogens with zero attached hydrogens (tertiary/aromatic N) is 2. The van der Waals surface area contributed by atoms with Crippen molar-refractivity contribution in [3.63, 3.8) is 0 Å². The maximum absolute atomic E-state index is 11.7. The first-order valence-electron chi connectivity index (χ1n) is 8.12. The zero-order valence-electron chi connectivity index (χ0n) is 15.7. The molecular weight excluding hydrogens is 487 g/mol. The van der Waals surface area contributed by atoms with Crippen molar-refractivity contribution in [3.8, 4) is 0 Å². The second kappa shape index (κ2) is 12.5. The minimum Gasteiger partial charge on any atom is -0.356 e. The van der Waals surface area contributed by atoms with Gasteiger partial charge in [0.05, 0.1) is 5.75 Å². The Morgan fingerprint density at radius 1 is 1.38 bits per heavy atom. The van der Waals surface area contributed by atoms with Gasteiger partial charge in [0, 0.05) is 37.8 Å². The first-order valence-corrected chi connectivity index (χ1v) is 11.1. The SMILES string of the molecule is CC(CCS(C)(=O)=O)NC(=NCC(=O)N(C)C)NCCc1cccs1.I. The van der Waals surface area contributed by atoms with Crippen LogP contribution in [0, 0.1) is 0 Å². The van der Waals surface area contributed by atoms with E-state index in [1.165, 1.54) is 16.0 Å². The number of aliphatic imine (C=N–C) groups is 1.